The van der Waals surface area contributed by atoms with Crippen molar-refractivity contribution in [3.63, 3.8) is 0 Å². The van der Waals surface area contributed by atoms with Crippen molar-refractivity contribution in [2.45, 2.75) is 25.9 Å². The SMILES string of the molecule is Cc1ccc2c(c1)N(C(=O)c1ccnc(OC3CCOC3)c1)CC2. The summed E-state index contributed by atoms with van der Waals surface area (Å²) in [5, 5.41) is 0. The fourth-order valence-corrected chi connectivity index (χ4v) is 3.24. The van der Waals surface area contributed by atoms with Gasteiger partial charge in [-0.1, -0.05) is 12.1 Å². The molecule has 0 aliphatic carbocycles. The number of fused-ring (bicyclic) bond motifs is 1. The first kappa shape index (κ1) is 15.1. The third-order valence-corrected chi connectivity index (χ3v) is 4.54. The number of anilines is 1. The maximum Gasteiger partial charge on any atom is 0.258 e. The van der Waals surface area contributed by atoms with E-state index in [1.165, 1.54) is 5.56 Å². The van der Waals surface area contributed by atoms with Crippen LogP contribution in [0.15, 0.2) is 36.5 Å². The van der Waals surface area contributed by atoms with Crippen LogP contribution in [0.2, 0.25) is 0 Å². The van der Waals surface area contributed by atoms with Crippen LogP contribution in [-0.2, 0) is 11.2 Å². The summed E-state index contributed by atoms with van der Waals surface area (Å²) in [5.74, 6) is 0.481. The lowest BCUT2D eigenvalue weighted by molar-refractivity contribution is 0.0987. The van der Waals surface area contributed by atoms with E-state index >= 15 is 0 Å². The van der Waals surface area contributed by atoms with Crippen molar-refractivity contribution in [2.24, 2.45) is 0 Å². The molecular formula is C19H20N2O3. The first-order valence-corrected chi connectivity index (χ1v) is 8.32. The number of carbonyl (C=O) groups excluding carboxylic acids is 1. The molecule has 4 rings (SSSR count). The van der Waals surface area contributed by atoms with Crippen molar-refractivity contribution in [1.29, 1.82) is 0 Å². The fourth-order valence-electron chi connectivity index (χ4n) is 3.24. The van der Waals surface area contributed by atoms with Crippen LogP contribution >= 0.6 is 0 Å². The predicted molar refractivity (Wildman–Crippen MR) is 90.6 cm³/mol. The Morgan fingerprint density at radius 1 is 1.33 bits per heavy atom. The average molecular weight is 324 g/mol. The van der Waals surface area contributed by atoms with Gasteiger partial charge >= 0.3 is 0 Å². The molecule has 1 aromatic carbocycles. The summed E-state index contributed by atoms with van der Waals surface area (Å²) in [7, 11) is 0. The number of benzene rings is 1. The van der Waals surface area contributed by atoms with E-state index in [4.69, 9.17) is 9.47 Å². The molecule has 0 bridgehead atoms. The number of aromatic nitrogens is 1. The van der Waals surface area contributed by atoms with Crippen molar-refractivity contribution >= 4 is 11.6 Å². The summed E-state index contributed by atoms with van der Waals surface area (Å²) < 4.78 is 11.1. The van der Waals surface area contributed by atoms with Gasteiger partial charge in [-0.25, -0.2) is 4.98 Å². The molecule has 2 aliphatic heterocycles. The summed E-state index contributed by atoms with van der Waals surface area (Å²) in [5.41, 5.74) is 4.01. The lowest BCUT2D eigenvalue weighted by Gasteiger charge is -2.18. The second kappa shape index (κ2) is 6.24. The van der Waals surface area contributed by atoms with Crippen LogP contribution < -0.4 is 9.64 Å². The molecule has 2 aliphatic rings. The Hall–Kier alpha value is -2.40. The topological polar surface area (TPSA) is 51.7 Å². The zero-order chi connectivity index (χ0) is 16.5. The van der Waals surface area contributed by atoms with E-state index in [1.807, 2.05) is 11.8 Å². The van der Waals surface area contributed by atoms with Crippen molar-refractivity contribution in [1.82, 2.24) is 4.98 Å². The number of carbonyl (C=O) groups is 1. The Bertz CT molecular complexity index is 769. The molecule has 1 aromatic heterocycles. The largest absolute Gasteiger partial charge is 0.472 e. The van der Waals surface area contributed by atoms with E-state index in [0.29, 0.717) is 31.2 Å². The molecule has 0 saturated carbocycles. The zero-order valence-corrected chi connectivity index (χ0v) is 13.7. The minimum Gasteiger partial charge on any atom is -0.472 e. The van der Waals surface area contributed by atoms with E-state index in [-0.39, 0.29) is 12.0 Å². The number of aryl methyl sites for hydroxylation is 1. The monoisotopic (exact) mass is 324 g/mol. The molecule has 1 fully saturated rings. The summed E-state index contributed by atoms with van der Waals surface area (Å²) >= 11 is 0. The van der Waals surface area contributed by atoms with Crippen LogP contribution in [0.3, 0.4) is 0 Å². The Kier molecular flexibility index (Phi) is 3.94. The van der Waals surface area contributed by atoms with Crippen molar-refractivity contribution in [3.8, 4) is 5.88 Å². The van der Waals surface area contributed by atoms with E-state index < -0.39 is 0 Å². The number of hydrogen-bond donors (Lipinski definition) is 0. The maximum atomic E-state index is 12.9. The lowest BCUT2D eigenvalue weighted by atomic mass is 10.1. The van der Waals surface area contributed by atoms with E-state index in [2.05, 4.69) is 23.2 Å². The smallest absolute Gasteiger partial charge is 0.258 e. The van der Waals surface area contributed by atoms with E-state index in [0.717, 1.165) is 24.1 Å². The van der Waals surface area contributed by atoms with Crippen LogP contribution in [0.4, 0.5) is 5.69 Å². The van der Waals surface area contributed by atoms with Gasteiger partial charge in [0.05, 0.1) is 13.2 Å². The molecule has 5 nitrogen and oxygen atoms in total. The number of amides is 1. The quantitative estimate of drug-likeness (QED) is 0.871. The van der Waals surface area contributed by atoms with Crippen LogP contribution in [-0.4, -0.2) is 36.8 Å². The highest BCUT2D eigenvalue weighted by atomic mass is 16.5. The normalized spacial score (nSPS) is 19.4. The van der Waals surface area contributed by atoms with Gasteiger partial charge in [0, 0.05) is 36.5 Å². The van der Waals surface area contributed by atoms with E-state index in [9.17, 15) is 4.79 Å². The number of ether oxygens (including phenoxy) is 2. The zero-order valence-electron chi connectivity index (χ0n) is 13.7. The summed E-state index contributed by atoms with van der Waals surface area (Å²) in [6.45, 7) is 4.06. The number of pyridine rings is 1. The van der Waals surface area contributed by atoms with Gasteiger partial charge in [-0.05, 0) is 36.6 Å². The van der Waals surface area contributed by atoms with Crippen molar-refractivity contribution in [3.05, 3.63) is 53.2 Å². The minimum absolute atomic E-state index is 0.00530. The molecule has 1 atom stereocenters. The van der Waals surface area contributed by atoms with Crippen molar-refractivity contribution < 1.29 is 14.3 Å². The second-order valence-electron chi connectivity index (χ2n) is 6.33. The number of nitrogens with zero attached hydrogens (tertiary/aromatic N) is 2. The molecule has 2 aromatic rings. The molecule has 1 amide bonds. The molecule has 0 radical (unpaired) electrons. The van der Waals surface area contributed by atoms with Gasteiger partial charge in [-0.15, -0.1) is 0 Å². The van der Waals surface area contributed by atoms with Crippen LogP contribution in [0.1, 0.15) is 27.9 Å². The van der Waals surface area contributed by atoms with E-state index in [1.54, 1.807) is 18.3 Å². The van der Waals surface area contributed by atoms with Gasteiger partial charge < -0.3 is 14.4 Å². The molecule has 24 heavy (non-hydrogen) atoms. The minimum atomic E-state index is -0.00530. The molecule has 0 spiro atoms. The lowest BCUT2D eigenvalue weighted by Crippen LogP contribution is -2.29. The summed E-state index contributed by atoms with van der Waals surface area (Å²) in [6.07, 6.45) is 3.41. The predicted octanol–water partition coefficient (Wildman–Crippen LogP) is 2.76. The Morgan fingerprint density at radius 3 is 3.08 bits per heavy atom. The van der Waals surface area contributed by atoms with Crippen LogP contribution in [0, 0.1) is 6.92 Å². The van der Waals surface area contributed by atoms with Crippen LogP contribution in [0.5, 0.6) is 5.88 Å². The second-order valence-corrected chi connectivity index (χ2v) is 6.33. The average Bonchev–Trinajstić information content (AvgIpc) is 3.23. The van der Waals surface area contributed by atoms with Gasteiger partial charge in [-0.3, -0.25) is 4.79 Å². The van der Waals surface area contributed by atoms with Crippen molar-refractivity contribution in [2.75, 3.05) is 24.7 Å². The maximum absolute atomic E-state index is 12.9. The fraction of sp³-hybridized carbons (Fsp3) is 0.368. The summed E-state index contributed by atoms with van der Waals surface area (Å²) in [6, 6.07) is 9.76. The molecule has 5 heteroatoms. The molecule has 1 unspecified atom stereocenters. The van der Waals surface area contributed by atoms with Gasteiger partial charge in [0.15, 0.2) is 0 Å². The molecule has 1 saturated heterocycles. The highest BCUT2D eigenvalue weighted by Gasteiger charge is 2.26. The molecular weight excluding hydrogens is 304 g/mol. The first-order valence-electron chi connectivity index (χ1n) is 8.32. The summed E-state index contributed by atoms with van der Waals surface area (Å²) in [4.78, 5) is 19.0. The molecule has 124 valence electrons. The molecule has 3 heterocycles. The van der Waals surface area contributed by atoms with Crippen LogP contribution in [0.25, 0.3) is 0 Å². The Labute approximate surface area is 141 Å². The van der Waals surface area contributed by atoms with Gasteiger partial charge in [-0.2, -0.15) is 0 Å². The Balaban J connectivity index is 1.56. The Morgan fingerprint density at radius 2 is 2.25 bits per heavy atom. The number of hydrogen-bond acceptors (Lipinski definition) is 4. The van der Waals surface area contributed by atoms with Gasteiger partial charge in [0.2, 0.25) is 5.88 Å². The standard InChI is InChI=1S/C19H20N2O3/c1-13-2-3-14-5-8-21(17(14)10-13)19(22)15-4-7-20-18(11-15)24-16-6-9-23-12-16/h2-4,7,10-11,16H,5-6,8-9,12H2,1H3. The molecule has 0 N–H and O–H groups in total. The van der Waals surface area contributed by atoms with Gasteiger partial charge in [0.1, 0.15) is 6.10 Å². The van der Waals surface area contributed by atoms with Gasteiger partial charge in [0.25, 0.3) is 5.91 Å². The first-order chi connectivity index (χ1) is 11.7. The third-order valence-electron chi connectivity index (χ3n) is 4.54. The number of rotatable bonds is 3. The third kappa shape index (κ3) is 2.87. The highest BCUT2D eigenvalue weighted by molar-refractivity contribution is 6.07. The highest BCUT2D eigenvalue weighted by Crippen LogP contribution is 2.30.